The number of amides is 2. The Kier molecular flexibility index (Phi) is 7.09. The summed E-state index contributed by atoms with van der Waals surface area (Å²) in [6, 6.07) is 17.0. The van der Waals surface area contributed by atoms with Crippen molar-refractivity contribution in [3.63, 3.8) is 0 Å². The van der Waals surface area contributed by atoms with E-state index in [2.05, 4.69) is 20.5 Å². The van der Waals surface area contributed by atoms with Gasteiger partial charge in [-0.25, -0.2) is 23.2 Å². The Morgan fingerprint density at radius 2 is 1.85 bits per heavy atom. The van der Waals surface area contributed by atoms with E-state index in [4.69, 9.17) is 9.72 Å². The van der Waals surface area contributed by atoms with Gasteiger partial charge in [-0.1, -0.05) is 18.2 Å². The molecule has 1 atom stereocenters. The summed E-state index contributed by atoms with van der Waals surface area (Å²) in [7, 11) is -2.04. The molecular formula is C24H27N5O4S. The first-order valence-corrected chi connectivity index (χ1v) is 12.6. The third kappa shape index (κ3) is 5.52. The van der Waals surface area contributed by atoms with Crippen LogP contribution >= 0.6 is 0 Å². The van der Waals surface area contributed by atoms with Crippen LogP contribution in [0.4, 0.5) is 16.3 Å². The van der Waals surface area contributed by atoms with Gasteiger partial charge in [0.25, 0.3) is 0 Å². The highest BCUT2D eigenvalue weighted by Gasteiger charge is 2.24. The highest BCUT2D eigenvalue weighted by molar-refractivity contribution is 7.90. The van der Waals surface area contributed by atoms with Gasteiger partial charge in [-0.15, -0.1) is 0 Å². The predicted octanol–water partition coefficient (Wildman–Crippen LogP) is 3.09. The number of morpholine rings is 1. The molecule has 0 unspecified atom stereocenters. The van der Waals surface area contributed by atoms with Crippen molar-refractivity contribution in [3.05, 3.63) is 66.4 Å². The van der Waals surface area contributed by atoms with E-state index in [9.17, 15) is 13.2 Å². The second-order valence-corrected chi connectivity index (χ2v) is 10.0. The molecule has 178 valence electrons. The molecule has 2 amide bonds. The summed E-state index contributed by atoms with van der Waals surface area (Å²) in [6.45, 7) is 3.83. The molecule has 0 bridgehead atoms. The molecule has 2 N–H and O–H groups in total. The molecular weight excluding hydrogens is 454 g/mol. The molecule has 1 saturated heterocycles. The zero-order valence-corrected chi connectivity index (χ0v) is 19.9. The molecule has 2 heterocycles. The Morgan fingerprint density at radius 3 is 2.53 bits per heavy atom. The summed E-state index contributed by atoms with van der Waals surface area (Å²) in [5.74, 6) is 0.835. The average Bonchev–Trinajstić information content (AvgIpc) is 2.85. The van der Waals surface area contributed by atoms with Gasteiger partial charge in [0.15, 0.2) is 15.7 Å². The lowest BCUT2D eigenvalue weighted by Gasteiger charge is -2.34. The second kappa shape index (κ2) is 10.2. The lowest BCUT2D eigenvalue weighted by molar-refractivity contribution is 0.0985. The summed E-state index contributed by atoms with van der Waals surface area (Å²) in [5, 5.41) is 5.21. The lowest BCUT2D eigenvalue weighted by Crippen LogP contribution is -2.44. The number of sulfone groups is 1. The third-order valence-electron chi connectivity index (χ3n) is 5.50. The van der Waals surface area contributed by atoms with Gasteiger partial charge >= 0.3 is 6.03 Å². The molecule has 3 aromatic rings. The van der Waals surface area contributed by atoms with Crippen molar-refractivity contribution in [3.8, 4) is 11.4 Å². The van der Waals surface area contributed by atoms with Gasteiger partial charge < -0.3 is 20.3 Å². The van der Waals surface area contributed by atoms with Crippen molar-refractivity contribution in [1.29, 1.82) is 0 Å². The van der Waals surface area contributed by atoms with Crippen LogP contribution in [0.1, 0.15) is 12.6 Å². The number of carbonyl (C=O) groups is 1. The van der Waals surface area contributed by atoms with Crippen LogP contribution in [-0.2, 0) is 20.3 Å². The normalized spacial score (nSPS) is 16.2. The standard InChI is InChI=1S/C24H27N5O4S/c1-17-15-33-13-12-29(17)22-14-20(16-34(31,32)21-6-4-3-5-7-21)26-23(28-22)18-8-10-19(11-9-18)27-24(30)25-2/h3-11,14,17H,12-13,15-16H2,1-2H3,(H2,25,27,30)/t17-/m0/s1. The first kappa shape index (κ1) is 23.7. The van der Waals surface area contributed by atoms with E-state index in [-0.39, 0.29) is 22.7 Å². The summed E-state index contributed by atoms with van der Waals surface area (Å²) >= 11 is 0. The van der Waals surface area contributed by atoms with Crippen LogP contribution < -0.4 is 15.5 Å². The Labute approximate surface area is 199 Å². The van der Waals surface area contributed by atoms with E-state index >= 15 is 0 Å². The highest BCUT2D eigenvalue weighted by atomic mass is 32.2. The van der Waals surface area contributed by atoms with Crippen LogP contribution in [0.25, 0.3) is 11.4 Å². The van der Waals surface area contributed by atoms with E-state index < -0.39 is 9.84 Å². The summed E-state index contributed by atoms with van der Waals surface area (Å²) in [6.07, 6.45) is 0. The molecule has 1 aliphatic heterocycles. The van der Waals surface area contributed by atoms with Gasteiger partial charge in [0.1, 0.15) is 5.82 Å². The number of urea groups is 1. The molecule has 34 heavy (non-hydrogen) atoms. The zero-order chi connectivity index (χ0) is 24.1. The maximum atomic E-state index is 13.0. The molecule has 0 radical (unpaired) electrons. The maximum absolute atomic E-state index is 13.0. The highest BCUT2D eigenvalue weighted by Crippen LogP contribution is 2.26. The minimum atomic E-state index is -3.58. The summed E-state index contributed by atoms with van der Waals surface area (Å²) < 4.78 is 31.6. The molecule has 1 aromatic heterocycles. The van der Waals surface area contributed by atoms with E-state index in [1.165, 1.54) is 0 Å². The monoisotopic (exact) mass is 481 g/mol. The van der Waals surface area contributed by atoms with Crippen molar-refractivity contribution in [1.82, 2.24) is 15.3 Å². The molecule has 9 nitrogen and oxygen atoms in total. The average molecular weight is 482 g/mol. The van der Waals surface area contributed by atoms with Gasteiger partial charge in [-0.3, -0.25) is 0 Å². The minimum absolute atomic E-state index is 0.0919. The number of benzene rings is 2. The number of aromatic nitrogens is 2. The molecule has 0 saturated carbocycles. The Morgan fingerprint density at radius 1 is 1.12 bits per heavy atom. The Balaban J connectivity index is 1.71. The first-order valence-electron chi connectivity index (χ1n) is 10.9. The largest absolute Gasteiger partial charge is 0.377 e. The number of ether oxygens (including phenoxy) is 1. The van der Waals surface area contributed by atoms with Gasteiger partial charge in [0, 0.05) is 30.9 Å². The summed E-state index contributed by atoms with van der Waals surface area (Å²) in [5.41, 5.74) is 1.74. The number of nitrogens with one attached hydrogen (secondary N) is 2. The fourth-order valence-corrected chi connectivity index (χ4v) is 4.98. The van der Waals surface area contributed by atoms with Crippen LogP contribution in [0.3, 0.4) is 0 Å². The molecule has 0 spiro atoms. The number of carbonyl (C=O) groups excluding carboxylic acids is 1. The second-order valence-electron chi connectivity index (χ2n) is 8.01. The van der Waals surface area contributed by atoms with E-state index in [0.29, 0.717) is 48.3 Å². The van der Waals surface area contributed by atoms with Gasteiger partial charge in [0.05, 0.1) is 35.6 Å². The van der Waals surface area contributed by atoms with Gasteiger partial charge in [-0.2, -0.15) is 0 Å². The van der Waals surface area contributed by atoms with Crippen molar-refractivity contribution >= 4 is 27.4 Å². The van der Waals surface area contributed by atoms with E-state index in [1.54, 1.807) is 67.7 Å². The molecule has 1 aliphatic rings. The lowest BCUT2D eigenvalue weighted by atomic mass is 10.2. The fourth-order valence-electron chi connectivity index (χ4n) is 3.70. The van der Waals surface area contributed by atoms with Gasteiger partial charge in [0.2, 0.25) is 0 Å². The minimum Gasteiger partial charge on any atom is -0.377 e. The quantitative estimate of drug-likeness (QED) is 0.556. The van der Waals surface area contributed by atoms with Crippen molar-refractivity contribution in [2.24, 2.45) is 0 Å². The number of hydrogen-bond donors (Lipinski definition) is 2. The number of nitrogens with zero attached hydrogens (tertiary/aromatic N) is 3. The first-order chi connectivity index (χ1) is 16.4. The predicted molar refractivity (Wildman–Crippen MR) is 131 cm³/mol. The van der Waals surface area contributed by atoms with Crippen molar-refractivity contribution in [2.75, 3.05) is 37.0 Å². The molecule has 4 rings (SSSR count). The van der Waals surface area contributed by atoms with Gasteiger partial charge in [-0.05, 0) is 43.3 Å². The number of hydrogen-bond acceptors (Lipinski definition) is 7. The molecule has 2 aromatic carbocycles. The fraction of sp³-hybridized carbons (Fsp3) is 0.292. The van der Waals surface area contributed by atoms with Crippen LogP contribution in [0.5, 0.6) is 0 Å². The van der Waals surface area contributed by atoms with E-state index in [0.717, 1.165) is 0 Å². The third-order valence-corrected chi connectivity index (χ3v) is 7.16. The number of rotatable bonds is 6. The Bertz CT molecular complexity index is 1250. The van der Waals surface area contributed by atoms with Crippen molar-refractivity contribution < 1.29 is 17.9 Å². The number of anilines is 2. The maximum Gasteiger partial charge on any atom is 0.318 e. The molecule has 10 heteroatoms. The van der Waals surface area contributed by atoms with Crippen LogP contribution in [0, 0.1) is 0 Å². The van der Waals surface area contributed by atoms with Crippen LogP contribution in [-0.4, -0.2) is 57.3 Å². The molecule has 1 fully saturated rings. The van der Waals surface area contributed by atoms with Crippen LogP contribution in [0.2, 0.25) is 0 Å². The topological polar surface area (TPSA) is 114 Å². The smallest absolute Gasteiger partial charge is 0.318 e. The Hall–Kier alpha value is -3.50. The van der Waals surface area contributed by atoms with E-state index in [1.807, 2.05) is 6.92 Å². The summed E-state index contributed by atoms with van der Waals surface area (Å²) in [4.78, 5) is 23.3. The molecule has 0 aliphatic carbocycles. The van der Waals surface area contributed by atoms with Crippen LogP contribution in [0.15, 0.2) is 65.6 Å². The zero-order valence-electron chi connectivity index (χ0n) is 19.1. The SMILES string of the molecule is CNC(=O)Nc1ccc(-c2nc(CS(=O)(=O)c3ccccc3)cc(N3CCOC[C@@H]3C)n2)cc1. The van der Waals surface area contributed by atoms with Crippen molar-refractivity contribution in [2.45, 2.75) is 23.6 Å².